The molecule has 2 aromatic heterocycles. The first-order valence-corrected chi connectivity index (χ1v) is 9.09. The number of imidazole rings is 1. The summed E-state index contributed by atoms with van der Waals surface area (Å²) in [5, 5.41) is 0.948. The van der Waals surface area contributed by atoms with Crippen molar-refractivity contribution in [2.24, 2.45) is 0 Å². The zero-order chi connectivity index (χ0) is 20.6. The number of aromatic nitrogens is 3. The molecule has 0 radical (unpaired) electrons. The maximum absolute atomic E-state index is 12.6. The summed E-state index contributed by atoms with van der Waals surface area (Å²) in [5.74, 6) is 0.371. The van der Waals surface area contributed by atoms with Crippen LogP contribution in [0.2, 0.25) is 0 Å². The molecule has 150 valence electrons. The van der Waals surface area contributed by atoms with Crippen molar-refractivity contribution in [3.05, 3.63) is 66.0 Å². The molecule has 0 aliphatic carbocycles. The number of benzene rings is 2. The van der Waals surface area contributed by atoms with Gasteiger partial charge in [0.15, 0.2) is 5.82 Å². The van der Waals surface area contributed by atoms with E-state index in [0.717, 1.165) is 28.6 Å². The lowest BCUT2D eigenvalue weighted by Crippen LogP contribution is -2.12. The normalized spacial score (nSPS) is 13.2. The van der Waals surface area contributed by atoms with Gasteiger partial charge < -0.3 is 15.0 Å². The van der Waals surface area contributed by atoms with Gasteiger partial charge in [-0.1, -0.05) is 30.3 Å². The standard InChI is InChI=1S/C21H19F3N4O/c1-13(10-29-11-14-6-8-15(9-7-14)21(22,23)24)28-12-26-18-19(28)16-4-2-3-5-17(16)27-20(18)25/h2-9,12-13H,10-11H2,1H3,(H2,25,27). The molecule has 0 aliphatic heterocycles. The molecule has 0 bridgehead atoms. The number of nitrogens with two attached hydrogens (primary N) is 1. The number of pyridine rings is 1. The van der Waals surface area contributed by atoms with Crippen LogP contribution in [-0.4, -0.2) is 21.1 Å². The van der Waals surface area contributed by atoms with Crippen LogP contribution >= 0.6 is 0 Å². The first-order chi connectivity index (χ1) is 13.8. The molecule has 2 N–H and O–H groups in total. The lowest BCUT2D eigenvalue weighted by molar-refractivity contribution is -0.137. The number of hydrogen-bond donors (Lipinski definition) is 1. The molecule has 1 unspecified atom stereocenters. The quantitative estimate of drug-likeness (QED) is 0.514. The van der Waals surface area contributed by atoms with E-state index in [-0.39, 0.29) is 12.6 Å². The lowest BCUT2D eigenvalue weighted by atomic mass is 10.1. The van der Waals surface area contributed by atoms with E-state index in [1.165, 1.54) is 12.1 Å². The van der Waals surface area contributed by atoms with Crippen molar-refractivity contribution in [3.8, 4) is 0 Å². The van der Waals surface area contributed by atoms with Crippen LogP contribution in [0.4, 0.5) is 19.0 Å². The zero-order valence-corrected chi connectivity index (χ0v) is 15.6. The van der Waals surface area contributed by atoms with Crippen LogP contribution < -0.4 is 5.73 Å². The number of para-hydroxylation sites is 1. The van der Waals surface area contributed by atoms with E-state index >= 15 is 0 Å². The van der Waals surface area contributed by atoms with Crippen LogP contribution in [0.3, 0.4) is 0 Å². The van der Waals surface area contributed by atoms with Crippen LogP contribution in [0.1, 0.15) is 24.1 Å². The lowest BCUT2D eigenvalue weighted by Gasteiger charge is -2.16. The Hall–Kier alpha value is -3.13. The predicted octanol–water partition coefficient (Wildman–Crippen LogP) is 4.96. The van der Waals surface area contributed by atoms with E-state index in [2.05, 4.69) is 9.97 Å². The highest BCUT2D eigenvalue weighted by Gasteiger charge is 2.29. The zero-order valence-electron chi connectivity index (χ0n) is 15.6. The number of fused-ring (bicyclic) bond motifs is 3. The third-order valence-corrected chi connectivity index (χ3v) is 4.82. The Bertz CT molecular complexity index is 1150. The van der Waals surface area contributed by atoms with Crippen molar-refractivity contribution in [1.29, 1.82) is 0 Å². The third-order valence-electron chi connectivity index (χ3n) is 4.82. The number of alkyl halides is 3. The minimum Gasteiger partial charge on any atom is -0.382 e. The minimum atomic E-state index is -4.34. The average molecular weight is 400 g/mol. The molecule has 29 heavy (non-hydrogen) atoms. The highest BCUT2D eigenvalue weighted by atomic mass is 19.4. The molecular formula is C21H19F3N4O. The molecule has 2 aromatic carbocycles. The fraction of sp³-hybridized carbons (Fsp3) is 0.238. The van der Waals surface area contributed by atoms with Gasteiger partial charge in [0.05, 0.1) is 42.2 Å². The van der Waals surface area contributed by atoms with Crippen LogP contribution in [0.15, 0.2) is 54.9 Å². The molecule has 0 amide bonds. The summed E-state index contributed by atoms with van der Waals surface area (Å²) in [6, 6.07) is 12.6. The van der Waals surface area contributed by atoms with E-state index in [4.69, 9.17) is 10.5 Å². The number of halogens is 3. The van der Waals surface area contributed by atoms with Gasteiger partial charge in [0, 0.05) is 5.39 Å². The molecule has 0 spiro atoms. The molecule has 0 fully saturated rings. The Morgan fingerprint density at radius 1 is 1.10 bits per heavy atom. The summed E-state index contributed by atoms with van der Waals surface area (Å²) in [6.45, 7) is 2.57. The SMILES string of the molecule is CC(COCc1ccc(C(F)(F)F)cc1)n1cnc2c(N)nc3ccccc3c21. The second-order valence-corrected chi connectivity index (χ2v) is 6.92. The fourth-order valence-electron chi connectivity index (χ4n) is 3.32. The Morgan fingerprint density at radius 2 is 1.83 bits per heavy atom. The van der Waals surface area contributed by atoms with Gasteiger partial charge in [-0.05, 0) is 30.7 Å². The second-order valence-electron chi connectivity index (χ2n) is 6.92. The fourth-order valence-corrected chi connectivity index (χ4v) is 3.32. The molecular weight excluding hydrogens is 381 g/mol. The molecule has 2 heterocycles. The summed E-state index contributed by atoms with van der Waals surface area (Å²) >= 11 is 0. The van der Waals surface area contributed by atoms with Gasteiger partial charge in [-0.3, -0.25) is 0 Å². The summed E-state index contributed by atoms with van der Waals surface area (Å²) in [6.07, 6.45) is -2.63. The van der Waals surface area contributed by atoms with Crippen molar-refractivity contribution in [1.82, 2.24) is 14.5 Å². The van der Waals surface area contributed by atoms with Crippen LogP contribution in [0.25, 0.3) is 21.9 Å². The van der Waals surface area contributed by atoms with Crippen molar-refractivity contribution in [2.45, 2.75) is 25.7 Å². The van der Waals surface area contributed by atoms with Gasteiger partial charge in [0.1, 0.15) is 5.52 Å². The molecule has 5 nitrogen and oxygen atoms in total. The first kappa shape index (κ1) is 19.2. The van der Waals surface area contributed by atoms with Crippen LogP contribution in [0.5, 0.6) is 0 Å². The van der Waals surface area contributed by atoms with Gasteiger partial charge in [-0.15, -0.1) is 0 Å². The molecule has 8 heteroatoms. The summed E-state index contributed by atoms with van der Waals surface area (Å²) in [7, 11) is 0. The first-order valence-electron chi connectivity index (χ1n) is 9.09. The summed E-state index contributed by atoms with van der Waals surface area (Å²) in [5.41, 5.74) is 8.38. The molecule has 1 atom stereocenters. The van der Waals surface area contributed by atoms with E-state index in [1.807, 2.05) is 35.8 Å². The molecule has 0 saturated heterocycles. The van der Waals surface area contributed by atoms with Crippen molar-refractivity contribution in [3.63, 3.8) is 0 Å². The molecule has 0 saturated carbocycles. The van der Waals surface area contributed by atoms with E-state index < -0.39 is 11.7 Å². The maximum atomic E-state index is 12.6. The van der Waals surface area contributed by atoms with Crippen LogP contribution in [-0.2, 0) is 17.5 Å². The molecule has 0 aliphatic rings. The third kappa shape index (κ3) is 3.75. The number of rotatable bonds is 5. The number of ether oxygens (including phenoxy) is 1. The molecule has 4 aromatic rings. The number of nitrogen functional groups attached to an aromatic ring is 1. The second kappa shape index (κ2) is 7.36. The van der Waals surface area contributed by atoms with Crippen molar-refractivity contribution in [2.75, 3.05) is 12.3 Å². The highest BCUT2D eigenvalue weighted by molar-refractivity contribution is 6.06. The Morgan fingerprint density at radius 3 is 2.55 bits per heavy atom. The van der Waals surface area contributed by atoms with Gasteiger partial charge in [-0.25, -0.2) is 9.97 Å². The molecule has 4 rings (SSSR count). The Labute approximate surface area is 164 Å². The van der Waals surface area contributed by atoms with Gasteiger partial charge in [0.25, 0.3) is 0 Å². The van der Waals surface area contributed by atoms with Crippen LogP contribution in [0, 0.1) is 0 Å². The Kier molecular flexibility index (Phi) is 4.87. The predicted molar refractivity (Wildman–Crippen MR) is 105 cm³/mol. The minimum absolute atomic E-state index is 0.0559. The smallest absolute Gasteiger partial charge is 0.382 e. The largest absolute Gasteiger partial charge is 0.416 e. The Balaban J connectivity index is 1.50. The van der Waals surface area contributed by atoms with Crippen molar-refractivity contribution < 1.29 is 17.9 Å². The summed E-state index contributed by atoms with van der Waals surface area (Å²) < 4.78 is 45.7. The monoisotopic (exact) mass is 400 g/mol. The van der Waals surface area contributed by atoms with E-state index in [1.54, 1.807) is 6.33 Å². The van der Waals surface area contributed by atoms with Crippen molar-refractivity contribution >= 4 is 27.8 Å². The average Bonchev–Trinajstić information content (AvgIpc) is 3.14. The number of hydrogen-bond acceptors (Lipinski definition) is 4. The van der Waals surface area contributed by atoms with Gasteiger partial charge >= 0.3 is 6.18 Å². The number of anilines is 1. The number of nitrogens with zero attached hydrogens (tertiary/aromatic N) is 3. The summed E-state index contributed by atoms with van der Waals surface area (Å²) in [4.78, 5) is 8.79. The maximum Gasteiger partial charge on any atom is 0.416 e. The van der Waals surface area contributed by atoms with E-state index in [0.29, 0.717) is 23.5 Å². The topological polar surface area (TPSA) is 66.0 Å². The van der Waals surface area contributed by atoms with Gasteiger partial charge in [-0.2, -0.15) is 13.2 Å². The van der Waals surface area contributed by atoms with E-state index in [9.17, 15) is 13.2 Å². The van der Waals surface area contributed by atoms with Gasteiger partial charge in [0.2, 0.25) is 0 Å². The highest BCUT2D eigenvalue weighted by Crippen LogP contribution is 2.30.